The number of rotatable bonds is 6. The van der Waals surface area contributed by atoms with E-state index >= 15 is 0 Å². The number of carbonyl (C=O) groups is 3. The topological polar surface area (TPSA) is 114 Å². The van der Waals surface area contributed by atoms with Gasteiger partial charge in [-0.2, -0.15) is 5.10 Å². The number of nitrogens with one attached hydrogen (secondary N) is 1. The SMILES string of the molecule is C[C@@H]1CN(C(=O)Cn2cc(NC(=O)OCC3c4ccccc4-c4ccccc43)cn2)C[C@H]1C(=O)O. The Bertz CT molecular complexity index is 1240. The summed E-state index contributed by atoms with van der Waals surface area (Å²) < 4.78 is 6.96. The summed E-state index contributed by atoms with van der Waals surface area (Å²) in [5.41, 5.74) is 4.99. The van der Waals surface area contributed by atoms with E-state index in [9.17, 15) is 19.5 Å². The van der Waals surface area contributed by atoms with Crippen LogP contribution in [-0.4, -0.2) is 57.5 Å². The quantitative estimate of drug-likeness (QED) is 0.566. The Morgan fingerprint density at radius 1 is 1.06 bits per heavy atom. The van der Waals surface area contributed by atoms with Gasteiger partial charge in [-0.1, -0.05) is 55.5 Å². The Hall–Kier alpha value is -4.14. The minimum Gasteiger partial charge on any atom is -0.481 e. The fraction of sp³-hybridized carbons (Fsp3) is 0.308. The van der Waals surface area contributed by atoms with Gasteiger partial charge in [0.05, 0.1) is 17.8 Å². The number of nitrogens with zero attached hydrogens (tertiary/aromatic N) is 3. The number of aromatic nitrogens is 2. The third-order valence-corrected chi connectivity index (χ3v) is 6.80. The molecule has 2 N–H and O–H groups in total. The van der Waals surface area contributed by atoms with E-state index in [1.54, 1.807) is 11.1 Å². The first-order valence-corrected chi connectivity index (χ1v) is 11.6. The van der Waals surface area contributed by atoms with E-state index in [4.69, 9.17) is 4.74 Å². The smallest absolute Gasteiger partial charge is 0.411 e. The highest BCUT2D eigenvalue weighted by Gasteiger charge is 2.37. The van der Waals surface area contributed by atoms with E-state index < -0.39 is 18.0 Å². The number of carboxylic acid groups (broad SMARTS) is 1. The second-order valence-electron chi connectivity index (χ2n) is 9.10. The lowest BCUT2D eigenvalue weighted by Crippen LogP contribution is -2.33. The number of aliphatic carboxylic acids is 1. The minimum atomic E-state index is -0.888. The molecule has 0 saturated carbocycles. The summed E-state index contributed by atoms with van der Waals surface area (Å²) >= 11 is 0. The number of likely N-dealkylation sites (tertiary alicyclic amines) is 1. The zero-order valence-corrected chi connectivity index (χ0v) is 19.3. The van der Waals surface area contributed by atoms with Crippen molar-refractivity contribution in [2.75, 3.05) is 25.0 Å². The average Bonchev–Trinajstić information content (AvgIpc) is 3.53. The molecule has 3 aromatic rings. The van der Waals surface area contributed by atoms with E-state index in [0.717, 1.165) is 22.3 Å². The number of hydrogen-bond donors (Lipinski definition) is 2. The molecule has 35 heavy (non-hydrogen) atoms. The van der Waals surface area contributed by atoms with Crippen LogP contribution in [0, 0.1) is 11.8 Å². The average molecular weight is 475 g/mol. The summed E-state index contributed by atoms with van der Waals surface area (Å²) in [6.07, 6.45) is 2.39. The van der Waals surface area contributed by atoms with Crippen LogP contribution in [-0.2, 0) is 20.9 Å². The molecule has 1 aliphatic heterocycles. The van der Waals surface area contributed by atoms with E-state index in [1.165, 1.54) is 10.9 Å². The molecule has 180 valence electrons. The summed E-state index contributed by atoms with van der Waals surface area (Å²) in [5.74, 6) is -1.79. The van der Waals surface area contributed by atoms with Gasteiger partial charge in [-0.25, -0.2) is 4.79 Å². The van der Waals surface area contributed by atoms with Gasteiger partial charge in [0.2, 0.25) is 5.91 Å². The van der Waals surface area contributed by atoms with Crippen LogP contribution < -0.4 is 5.32 Å². The van der Waals surface area contributed by atoms with Crippen molar-refractivity contribution < 1.29 is 24.2 Å². The molecule has 0 unspecified atom stereocenters. The lowest BCUT2D eigenvalue weighted by molar-refractivity contribution is -0.142. The summed E-state index contributed by atoms with van der Waals surface area (Å²) in [5, 5.41) is 16.1. The number of benzene rings is 2. The third-order valence-electron chi connectivity index (χ3n) is 6.80. The fourth-order valence-electron chi connectivity index (χ4n) is 5.00. The van der Waals surface area contributed by atoms with Crippen LogP contribution in [0.25, 0.3) is 11.1 Å². The molecule has 1 fully saturated rings. The minimum absolute atomic E-state index is 0.0361. The van der Waals surface area contributed by atoms with E-state index in [-0.39, 0.29) is 37.4 Å². The maximum Gasteiger partial charge on any atom is 0.411 e. The zero-order valence-electron chi connectivity index (χ0n) is 19.3. The van der Waals surface area contributed by atoms with E-state index in [2.05, 4.69) is 34.7 Å². The van der Waals surface area contributed by atoms with Crippen molar-refractivity contribution in [3.05, 3.63) is 72.1 Å². The van der Waals surface area contributed by atoms with Gasteiger partial charge >= 0.3 is 12.1 Å². The van der Waals surface area contributed by atoms with Gasteiger partial charge in [0.15, 0.2) is 0 Å². The van der Waals surface area contributed by atoms with Gasteiger partial charge in [0.1, 0.15) is 13.2 Å². The standard InChI is InChI=1S/C26H26N4O5/c1-16-11-29(13-22(16)25(32)33)24(31)14-30-12-17(10-27-30)28-26(34)35-15-23-20-8-4-2-6-18(20)19-7-3-5-9-21(19)23/h2-10,12,16,22-23H,11,13-15H2,1H3,(H,28,34)(H,32,33)/t16-,22-/m1/s1. The molecule has 0 bridgehead atoms. The van der Waals surface area contributed by atoms with Crippen LogP contribution in [0.15, 0.2) is 60.9 Å². The maximum absolute atomic E-state index is 12.6. The lowest BCUT2D eigenvalue weighted by atomic mass is 9.98. The van der Waals surface area contributed by atoms with Crippen LogP contribution in [0.2, 0.25) is 0 Å². The fourth-order valence-corrected chi connectivity index (χ4v) is 5.00. The van der Waals surface area contributed by atoms with Crippen molar-refractivity contribution in [1.29, 1.82) is 0 Å². The molecule has 0 radical (unpaired) electrons. The Balaban J connectivity index is 1.16. The molecule has 2 heterocycles. The van der Waals surface area contributed by atoms with Crippen LogP contribution >= 0.6 is 0 Å². The molecule has 2 amide bonds. The lowest BCUT2D eigenvalue weighted by Gasteiger charge is -2.15. The van der Waals surface area contributed by atoms with Gasteiger partial charge in [-0.3, -0.25) is 19.6 Å². The van der Waals surface area contributed by atoms with Crippen LogP contribution in [0.1, 0.15) is 24.0 Å². The first kappa shape index (κ1) is 22.6. The Labute approximate surface area is 202 Å². The normalized spacial score (nSPS) is 18.7. The van der Waals surface area contributed by atoms with Gasteiger partial charge < -0.3 is 14.7 Å². The van der Waals surface area contributed by atoms with Crippen molar-refractivity contribution in [3.8, 4) is 11.1 Å². The number of carbonyl (C=O) groups excluding carboxylic acids is 2. The van der Waals surface area contributed by atoms with Crippen molar-refractivity contribution in [1.82, 2.24) is 14.7 Å². The first-order valence-electron chi connectivity index (χ1n) is 11.6. The molecular weight excluding hydrogens is 448 g/mol. The number of hydrogen-bond acceptors (Lipinski definition) is 5. The zero-order chi connectivity index (χ0) is 24.5. The third kappa shape index (κ3) is 4.49. The highest BCUT2D eigenvalue weighted by Crippen LogP contribution is 2.44. The molecule has 9 heteroatoms. The molecule has 9 nitrogen and oxygen atoms in total. The summed E-state index contributed by atoms with van der Waals surface area (Å²) in [6, 6.07) is 16.2. The second kappa shape index (κ2) is 9.25. The molecule has 2 atom stereocenters. The molecule has 1 saturated heterocycles. The Morgan fingerprint density at radius 2 is 1.71 bits per heavy atom. The van der Waals surface area contributed by atoms with Crippen molar-refractivity contribution in [2.45, 2.75) is 19.4 Å². The number of carboxylic acids is 1. The van der Waals surface area contributed by atoms with Crippen molar-refractivity contribution in [2.24, 2.45) is 11.8 Å². The maximum atomic E-state index is 12.6. The highest BCUT2D eigenvalue weighted by molar-refractivity contribution is 5.85. The van der Waals surface area contributed by atoms with Gasteiger partial charge in [0, 0.05) is 25.2 Å². The molecule has 0 spiro atoms. The second-order valence-corrected chi connectivity index (χ2v) is 9.10. The monoisotopic (exact) mass is 474 g/mol. The molecule has 2 aromatic carbocycles. The summed E-state index contributed by atoms with van der Waals surface area (Å²) in [4.78, 5) is 37.9. The van der Waals surface area contributed by atoms with E-state index in [0.29, 0.717) is 12.2 Å². The molecule has 2 aliphatic rings. The van der Waals surface area contributed by atoms with Crippen molar-refractivity contribution in [3.63, 3.8) is 0 Å². The Morgan fingerprint density at radius 3 is 2.34 bits per heavy atom. The number of anilines is 1. The van der Waals surface area contributed by atoms with Gasteiger partial charge in [-0.15, -0.1) is 0 Å². The number of fused-ring (bicyclic) bond motifs is 3. The molecule has 5 rings (SSSR count). The molecular formula is C26H26N4O5. The van der Waals surface area contributed by atoms with Crippen LogP contribution in [0.4, 0.5) is 10.5 Å². The predicted octanol–water partition coefficient (Wildman–Crippen LogP) is 3.42. The largest absolute Gasteiger partial charge is 0.481 e. The van der Waals surface area contributed by atoms with Crippen LogP contribution in [0.5, 0.6) is 0 Å². The van der Waals surface area contributed by atoms with Crippen LogP contribution in [0.3, 0.4) is 0 Å². The molecule has 1 aromatic heterocycles. The van der Waals surface area contributed by atoms with Crippen molar-refractivity contribution >= 4 is 23.7 Å². The van der Waals surface area contributed by atoms with Gasteiger partial charge in [0.25, 0.3) is 0 Å². The summed E-state index contributed by atoms with van der Waals surface area (Å²) in [6.45, 7) is 2.59. The first-order chi connectivity index (χ1) is 16.9. The molecule has 1 aliphatic carbocycles. The highest BCUT2D eigenvalue weighted by atomic mass is 16.5. The Kier molecular flexibility index (Phi) is 5.98. The summed E-state index contributed by atoms with van der Waals surface area (Å²) in [7, 11) is 0. The van der Waals surface area contributed by atoms with E-state index in [1.807, 2.05) is 31.2 Å². The number of amides is 2. The number of ether oxygens (including phenoxy) is 1. The van der Waals surface area contributed by atoms with Gasteiger partial charge in [-0.05, 0) is 28.2 Å². The predicted molar refractivity (Wildman–Crippen MR) is 128 cm³/mol.